The minimum absolute atomic E-state index is 0.151. The van der Waals surface area contributed by atoms with E-state index >= 15 is 0 Å². The second-order valence-corrected chi connectivity index (χ2v) is 6.36. The zero-order valence-corrected chi connectivity index (χ0v) is 15.2. The summed E-state index contributed by atoms with van der Waals surface area (Å²) in [5, 5.41) is 0. The Morgan fingerprint density at radius 2 is 1.93 bits per heavy atom. The highest BCUT2D eigenvalue weighted by Crippen LogP contribution is 2.19. The summed E-state index contributed by atoms with van der Waals surface area (Å²) < 4.78 is 3.36. The van der Waals surface area contributed by atoms with Crippen molar-refractivity contribution >= 4 is 16.9 Å². The highest BCUT2D eigenvalue weighted by molar-refractivity contribution is 5.93. The monoisotopic (exact) mass is 374 g/mol. The number of benzene rings is 1. The second-order valence-electron chi connectivity index (χ2n) is 6.36. The number of pyridine rings is 1. The minimum atomic E-state index is -0.423. The molecule has 3 aromatic heterocycles. The highest BCUT2D eigenvalue weighted by atomic mass is 16.2. The second kappa shape index (κ2) is 7.09. The molecule has 28 heavy (non-hydrogen) atoms. The molecule has 4 rings (SSSR count). The van der Waals surface area contributed by atoms with Crippen LogP contribution in [-0.4, -0.2) is 25.0 Å². The normalized spacial score (nSPS) is 10.9. The van der Waals surface area contributed by atoms with Gasteiger partial charge in [0.1, 0.15) is 11.3 Å². The molecule has 3 heterocycles. The molecule has 0 aliphatic carbocycles. The number of amides is 1. The van der Waals surface area contributed by atoms with E-state index in [9.17, 15) is 9.59 Å². The van der Waals surface area contributed by atoms with Crippen molar-refractivity contribution in [2.24, 2.45) is 12.9 Å². The molecule has 0 unspecified atom stereocenters. The fourth-order valence-electron chi connectivity index (χ4n) is 3.12. The fraction of sp³-hybridized carbons (Fsp3) is 0.100. The molecule has 1 amide bonds. The lowest BCUT2D eigenvalue weighted by Crippen LogP contribution is -2.30. The van der Waals surface area contributed by atoms with Crippen LogP contribution in [0.5, 0.6) is 0 Å². The Balaban J connectivity index is 1.85. The number of aryl methyl sites for hydroxylation is 1. The minimum Gasteiger partial charge on any atom is -0.345 e. The van der Waals surface area contributed by atoms with Crippen molar-refractivity contribution < 1.29 is 4.79 Å². The van der Waals surface area contributed by atoms with Gasteiger partial charge in [-0.1, -0.05) is 30.3 Å². The summed E-state index contributed by atoms with van der Waals surface area (Å²) in [5.41, 5.74) is 4.90. The molecular formula is C20H18N6O2. The number of carbonyl (C=O) groups excluding carboxylic acids is 1. The average Bonchev–Trinajstić information content (AvgIpc) is 3.11. The smallest absolute Gasteiger partial charge is 0.278 e. The maximum Gasteiger partial charge on any atom is 0.278 e. The Bertz CT molecular complexity index is 1210. The number of carbonyl (C=O) groups is 1. The third-order valence-electron chi connectivity index (χ3n) is 4.55. The van der Waals surface area contributed by atoms with Crippen LogP contribution in [0.25, 0.3) is 22.4 Å². The Morgan fingerprint density at radius 3 is 2.61 bits per heavy atom. The summed E-state index contributed by atoms with van der Waals surface area (Å²) in [5.74, 6) is 5.28. The number of rotatable bonds is 4. The van der Waals surface area contributed by atoms with Crippen LogP contribution >= 0.6 is 0 Å². The average molecular weight is 374 g/mol. The Morgan fingerprint density at radius 1 is 1.14 bits per heavy atom. The fourth-order valence-corrected chi connectivity index (χ4v) is 3.12. The third kappa shape index (κ3) is 3.06. The summed E-state index contributed by atoms with van der Waals surface area (Å²) in [6.45, 7) is 0.224. The van der Waals surface area contributed by atoms with Crippen LogP contribution in [0, 0.1) is 0 Å². The first-order valence-corrected chi connectivity index (χ1v) is 8.65. The first-order chi connectivity index (χ1) is 13.6. The van der Waals surface area contributed by atoms with Crippen molar-refractivity contribution in [1.29, 1.82) is 0 Å². The van der Waals surface area contributed by atoms with E-state index in [0.717, 1.165) is 5.56 Å². The van der Waals surface area contributed by atoms with E-state index in [1.165, 1.54) is 6.20 Å². The van der Waals surface area contributed by atoms with Gasteiger partial charge < -0.3 is 4.57 Å². The quantitative estimate of drug-likeness (QED) is 0.319. The van der Waals surface area contributed by atoms with Gasteiger partial charge in [-0.2, -0.15) is 0 Å². The lowest BCUT2D eigenvalue weighted by atomic mass is 10.2. The van der Waals surface area contributed by atoms with Gasteiger partial charge >= 0.3 is 0 Å². The number of aromatic nitrogens is 4. The van der Waals surface area contributed by atoms with Crippen molar-refractivity contribution in [2.45, 2.75) is 6.54 Å². The van der Waals surface area contributed by atoms with E-state index in [2.05, 4.69) is 10.4 Å². The summed E-state index contributed by atoms with van der Waals surface area (Å²) >= 11 is 0. The summed E-state index contributed by atoms with van der Waals surface area (Å²) in [7, 11) is 1.82. The highest BCUT2D eigenvalue weighted by Gasteiger charge is 2.16. The topological polar surface area (TPSA) is 108 Å². The molecule has 0 saturated heterocycles. The zero-order chi connectivity index (χ0) is 19.7. The lowest BCUT2D eigenvalue weighted by Gasteiger charge is -2.13. The summed E-state index contributed by atoms with van der Waals surface area (Å²) in [4.78, 5) is 33.8. The van der Waals surface area contributed by atoms with Gasteiger partial charge in [0, 0.05) is 25.0 Å². The molecule has 1 aromatic carbocycles. The third-order valence-corrected chi connectivity index (χ3v) is 4.55. The molecule has 0 fully saturated rings. The zero-order valence-electron chi connectivity index (χ0n) is 15.2. The number of nitrogens with zero attached hydrogens (tertiary/aromatic N) is 4. The lowest BCUT2D eigenvalue weighted by molar-refractivity contribution is 0.0953. The predicted octanol–water partition coefficient (Wildman–Crippen LogP) is 1.45. The molecule has 0 atom stereocenters. The maximum absolute atomic E-state index is 13.2. The van der Waals surface area contributed by atoms with Crippen LogP contribution in [0.1, 0.15) is 16.1 Å². The van der Waals surface area contributed by atoms with Crippen LogP contribution in [0.4, 0.5) is 0 Å². The Kier molecular flexibility index (Phi) is 4.46. The van der Waals surface area contributed by atoms with E-state index in [1.54, 1.807) is 21.3 Å². The van der Waals surface area contributed by atoms with Gasteiger partial charge in [-0.05, 0) is 18.2 Å². The number of fused-ring (bicyclic) bond motifs is 1. The molecule has 8 nitrogen and oxygen atoms in total. The van der Waals surface area contributed by atoms with Gasteiger partial charge in [0.05, 0.1) is 23.3 Å². The van der Waals surface area contributed by atoms with Gasteiger partial charge in [0.25, 0.3) is 11.5 Å². The summed E-state index contributed by atoms with van der Waals surface area (Å²) in [6, 6.07) is 14.7. The van der Waals surface area contributed by atoms with E-state index < -0.39 is 5.91 Å². The van der Waals surface area contributed by atoms with Crippen LogP contribution < -0.4 is 16.8 Å². The van der Waals surface area contributed by atoms with Gasteiger partial charge in [-0.25, -0.2) is 10.8 Å². The maximum atomic E-state index is 13.2. The molecule has 140 valence electrons. The number of nitrogens with one attached hydrogen (secondary N) is 1. The van der Waals surface area contributed by atoms with Crippen LogP contribution in [-0.2, 0) is 13.6 Å². The van der Waals surface area contributed by atoms with Crippen LogP contribution in [0.2, 0.25) is 0 Å². The standard InChI is InChI=1S/C20H18N6O2/c1-25-10-9-16-17(25)20(28)26(18(23-16)13-5-3-2-4-6-13)12-15-8-7-14(11-22-15)19(27)24-21/h2-11H,12,21H2,1H3,(H,24,27). The van der Waals surface area contributed by atoms with Gasteiger partial charge in [-0.3, -0.25) is 24.6 Å². The molecule has 4 aromatic rings. The predicted molar refractivity (Wildman–Crippen MR) is 105 cm³/mol. The van der Waals surface area contributed by atoms with Gasteiger partial charge in [-0.15, -0.1) is 0 Å². The molecule has 0 radical (unpaired) electrons. The number of hydrogen-bond acceptors (Lipinski definition) is 5. The van der Waals surface area contributed by atoms with E-state index in [4.69, 9.17) is 10.8 Å². The number of nitrogens with two attached hydrogens (primary N) is 1. The van der Waals surface area contributed by atoms with E-state index in [1.807, 2.05) is 49.6 Å². The molecule has 0 aliphatic rings. The van der Waals surface area contributed by atoms with Crippen LogP contribution in [0.3, 0.4) is 0 Å². The van der Waals surface area contributed by atoms with Gasteiger partial charge in [0.2, 0.25) is 0 Å². The van der Waals surface area contributed by atoms with Crippen LogP contribution in [0.15, 0.2) is 65.7 Å². The van der Waals surface area contributed by atoms with Crippen molar-refractivity contribution in [3.63, 3.8) is 0 Å². The van der Waals surface area contributed by atoms with Crippen molar-refractivity contribution in [3.8, 4) is 11.4 Å². The SMILES string of the molecule is Cn1ccc2nc(-c3ccccc3)n(Cc3ccc(C(=O)NN)cn3)c(=O)c21. The number of hydrogen-bond donors (Lipinski definition) is 2. The summed E-state index contributed by atoms with van der Waals surface area (Å²) in [6.07, 6.45) is 3.25. The molecule has 0 spiro atoms. The van der Waals surface area contributed by atoms with Crippen molar-refractivity contribution in [3.05, 3.63) is 82.5 Å². The molecule has 0 saturated carbocycles. The number of nitrogen functional groups attached to an aromatic ring is 1. The molecule has 0 aliphatic heterocycles. The van der Waals surface area contributed by atoms with E-state index in [-0.39, 0.29) is 12.1 Å². The first kappa shape index (κ1) is 17.6. The molecule has 3 N–H and O–H groups in total. The Labute approximate surface area is 160 Å². The Hall–Kier alpha value is -3.78. The largest absolute Gasteiger partial charge is 0.345 e. The number of hydrazine groups is 1. The van der Waals surface area contributed by atoms with Crippen molar-refractivity contribution in [1.82, 2.24) is 24.5 Å². The van der Waals surface area contributed by atoms with Gasteiger partial charge in [0.15, 0.2) is 0 Å². The first-order valence-electron chi connectivity index (χ1n) is 8.65. The van der Waals surface area contributed by atoms with E-state index in [0.29, 0.717) is 28.1 Å². The molecule has 0 bridgehead atoms. The molecule has 8 heteroatoms. The van der Waals surface area contributed by atoms with Crippen molar-refractivity contribution in [2.75, 3.05) is 0 Å². The molecular weight excluding hydrogens is 356 g/mol.